The Morgan fingerprint density at radius 2 is 2.07 bits per heavy atom. The number of ether oxygens (including phenoxy) is 1. The highest BCUT2D eigenvalue weighted by Crippen LogP contribution is 2.38. The van der Waals surface area contributed by atoms with Crippen LogP contribution in [0, 0.1) is 23.2 Å². The van der Waals surface area contributed by atoms with Crippen molar-refractivity contribution in [3.8, 4) is 6.07 Å². The van der Waals surface area contributed by atoms with Crippen LogP contribution in [-0.2, 0) is 4.74 Å². The van der Waals surface area contributed by atoms with Crippen LogP contribution in [0.25, 0.3) is 0 Å². The van der Waals surface area contributed by atoms with Crippen LogP contribution >= 0.6 is 0 Å². The molecule has 2 rings (SSSR count). The van der Waals surface area contributed by atoms with E-state index in [-0.39, 0.29) is 0 Å². The number of nitrogens with two attached hydrogens (primary N) is 1. The molecule has 1 atom stereocenters. The van der Waals surface area contributed by atoms with Crippen molar-refractivity contribution in [3.05, 3.63) is 0 Å². The fourth-order valence-corrected chi connectivity index (χ4v) is 2.11. The van der Waals surface area contributed by atoms with E-state index in [0.717, 1.165) is 31.8 Å². The molecule has 84 valence electrons. The second-order valence-corrected chi connectivity index (χ2v) is 5.06. The van der Waals surface area contributed by atoms with E-state index in [2.05, 4.69) is 6.07 Å². The third-order valence-corrected chi connectivity index (χ3v) is 3.75. The average Bonchev–Trinajstić information content (AvgIpc) is 2.97. The molecular weight excluding hydrogens is 188 g/mol. The van der Waals surface area contributed by atoms with Gasteiger partial charge < -0.3 is 10.5 Å². The Bertz CT molecular complexity index is 253. The van der Waals surface area contributed by atoms with Crippen molar-refractivity contribution in [1.29, 1.82) is 5.26 Å². The number of nitrogens with zero attached hydrogens (tertiary/aromatic N) is 1. The van der Waals surface area contributed by atoms with Gasteiger partial charge in [-0.2, -0.15) is 5.26 Å². The van der Waals surface area contributed by atoms with Gasteiger partial charge in [0.1, 0.15) is 5.54 Å². The zero-order valence-corrected chi connectivity index (χ0v) is 9.24. The van der Waals surface area contributed by atoms with E-state index in [0.29, 0.717) is 12.5 Å². The number of nitriles is 1. The molecule has 0 heterocycles. The molecule has 15 heavy (non-hydrogen) atoms. The highest BCUT2D eigenvalue weighted by molar-refractivity contribution is 5.13. The smallest absolute Gasteiger partial charge is 0.130 e. The molecule has 1 unspecified atom stereocenters. The molecule has 0 amide bonds. The number of rotatable bonds is 6. The molecular formula is C12H20N2O. The summed E-state index contributed by atoms with van der Waals surface area (Å²) in [6.45, 7) is 1.19. The lowest BCUT2D eigenvalue weighted by atomic mass is 9.83. The average molecular weight is 208 g/mol. The van der Waals surface area contributed by atoms with Crippen LogP contribution < -0.4 is 5.73 Å². The lowest BCUT2D eigenvalue weighted by molar-refractivity contribution is 0.0763. The summed E-state index contributed by atoms with van der Waals surface area (Å²) in [5, 5.41) is 9.01. The molecule has 0 bridgehead atoms. The molecule has 2 saturated carbocycles. The first-order valence-corrected chi connectivity index (χ1v) is 6.02. The lowest BCUT2D eigenvalue weighted by Gasteiger charge is -2.26. The summed E-state index contributed by atoms with van der Waals surface area (Å²) in [7, 11) is 0. The van der Waals surface area contributed by atoms with E-state index in [1.54, 1.807) is 0 Å². The first-order valence-electron chi connectivity index (χ1n) is 6.02. The predicted octanol–water partition coefficient (Wildman–Crippen LogP) is 1.82. The Kier molecular flexibility index (Phi) is 3.28. The third kappa shape index (κ3) is 2.70. The Labute approximate surface area is 91.6 Å². The minimum atomic E-state index is -0.709. The molecule has 0 aromatic rings. The van der Waals surface area contributed by atoms with Crippen LogP contribution in [0.5, 0.6) is 0 Å². The standard InChI is InChI=1S/C12H20N2O/c13-8-12(14,11-4-5-11)9-15-7-6-10-2-1-3-10/h10-11H,1-7,9,14H2. The molecule has 0 saturated heterocycles. The molecule has 2 aliphatic rings. The fraction of sp³-hybridized carbons (Fsp3) is 0.917. The molecule has 3 heteroatoms. The first kappa shape index (κ1) is 10.9. The SMILES string of the molecule is N#CC(N)(COCCC1CCC1)C1CC1. The predicted molar refractivity (Wildman–Crippen MR) is 58.0 cm³/mol. The molecule has 0 aliphatic heterocycles. The number of hydrogen-bond donors (Lipinski definition) is 1. The van der Waals surface area contributed by atoms with E-state index in [9.17, 15) is 0 Å². The van der Waals surface area contributed by atoms with Gasteiger partial charge in [-0.1, -0.05) is 19.3 Å². The van der Waals surface area contributed by atoms with Gasteiger partial charge in [-0.05, 0) is 31.1 Å². The van der Waals surface area contributed by atoms with Crippen LogP contribution in [0.4, 0.5) is 0 Å². The summed E-state index contributed by atoms with van der Waals surface area (Å²) in [5.41, 5.74) is 5.27. The maximum atomic E-state index is 9.01. The number of hydrogen-bond acceptors (Lipinski definition) is 3. The minimum absolute atomic E-state index is 0.381. The molecule has 3 nitrogen and oxygen atoms in total. The molecule has 0 aromatic carbocycles. The van der Waals surface area contributed by atoms with Crippen LogP contribution in [0.15, 0.2) is 0 Å². The summed E-state index contributed by atoms with van der Waals surface area (Å²) in [6, 6.07) is 2.21. The summed E-state index contributed by atoms with van der Waals surface area (Å²) in [4.78, 5) is 0. The van der Waals surface area contributed by atoms with Gasteiger partial charge in [0.15, 0.2) is 0 Å². The monoisotopic (exact) mass is 208 g/mol. The maximum Gasteiger partial charge on any atom is 0.130 e. The van der Waals surface area contributed by atoms with E-state index >= 15 is 0 Å². The van der Waals surface area contributed by atoms with Gasteiger partial charge in [0.2, 0.25) is 0 Å². The van der Waals surface area contributed by atoms with Crippen molar-refractivity contribution >= 4 is 0 Å². The topological polar surface area (TPSA) is 59.0 Å². The van der Waals surface area contributed by atoms with Crippen molar-refractivity contribution in [2.75, 3.05) is 13.2 Å². The molecule has 2 N–H and O–H groups in total. The molecule has 2 aliphatic carbocycles. The summed E-state index contributed by atoms with van der Waals surface area (Å²) < 4.78 is 5.55. The highest BCUT2D eigenvalue weighted by Gasteiger charge is 2.42. The van der Waals surface area contributed by atoms with Crippen LogP contribution in [0.2, 0.25) is 0 Å². The summed E-state index contributed by atoms with van der Waals surface area (Å²) >= 11 is 0. The van der Waals surface area contributed by atoms with Crippen LogP contribution in [0.3, 0.4) is 0 Å². The molecule has 0 radical (unpaired) electrons. The van der Waals surface area contributed by atoms with Crippen molar-refractivity contribution in [1.82, 2.24) is 0 Å². The minimum Gasteiger partial charge on any atom is -0.378 e. The van der Waals surface area contributed by atoms with Crippen molar-refractivity contribution in [3.63, 3.8) is 0 Å². The van der Waals surface area contributed by atoms with Gasteiger partial charge in [0, 0.05) is 6.61 Å². The quantitative estimate of drug-likeness (QED) is 0.677. The van der Waals surface area contributed by atoms with Gasteiger partial charge in [-0.3, -0.25) is 0 Å². The lowest BCUT2D eigenvalue weighted by Crippen LogP contribution is -2.45. The van der Waals surface area contributed by atoms with Crippen molar-refractivity contribution < 1.29 is 4.74 Å². The zero-order valence-electron chi connectivity index (χ0n) is 9.24. The first-order chi connectivity index (χ1) is 7.24. The van der Waals surface area contributed by atoms with Gasteiger partial charge >= 0.3 is 0 Å². The van der Waals surface area contributed by atoms with E-state index in [4.69, 9.17) is 15.7 Å². The Balaban J connectivity index is 1.61. The van der Waals surface area contributed by atoms with Gasteiger partial charge in [-0.25, -0.2) is 0 Å². The zero-order chi connectivity index (χ0) is 10.7. The third-order valence-electron chi connectivity index (χ3n) is 3.75. The van der Waals surface area contributed by atoms with Gasteiger partial charge in [0.25, 0.3) is 0 Å². The fourth-order valence-electron chi connectivity index (χ4n) is 2.11. The van der Waals surface area contributed by atoms with E-state index in [1.807, 2.05) is 0 Å². The Hall–Kier alpha value is -0.590. The molecule has 2 fully saturated rings. The summed E-state index contributed by atoms with van der Waals surface area (Å²) in [5.74, 6) is 1.26. The second-order valence-electron chi connectivity index (χ2n) is 5.06. The van der Waals surface area contributed by atoms with Gasteiger partial charge in [-0.15, -0.1) is 0 Å². The van der Waals surface area contributed by atoms with Crippen molar-refractivity contribution in [2.24, 2.45) is 17.6 Å². The maximum absolute atomic E-state index is 9.01. The normalized spacial score (nSPS) is 25.3. The molecule has 0 spiro atoms. The van der Waals surface area contributed by atoms with E-state index < -0.39 is 5.54 Å². The van der Waals surface area contributed by atoms with E-state index in [1.165, 1.54) is 19.3 Å². The van der Waals surface area contributed by atoms with Gasteiger partial charge in [0.05, 0.1) is 12.7 Å². The second kappa shape index (κ2) is 4.51. The highest BCUT2D eigenvalue weighted by atomic mass is 16.5. The van der Waals surface area contributed by atoms with Crippen LogP contribution in [0.1, 0.15) is 38.5 Å². The summed E-state index contributed by atoms with van der Waals surface area (Å²) in [6.07, 6.45) is 7.43. The molecule has 0 aromatic heterocycles. The van der Waals surface area contributed by atoms with Crippen LogP contribution in [-0.4, -0.2) is 18.8 Å². The van der Waals surface area contributed by atoms with Crippen molar-refractivity contribution in [2.45, 2.75) is 44.1 Å². The largest absolute Gasteiger partial charge is 0.378 e. The Morgan fingerprint density at radius 1 is 1.33 bits per heavy atom. The Morgan fingerprint density at radius 3 is 2.53 bits per heavy atom.